The molecule has 0 aliphatic heterocycles. The van der Waals surface area contributed by atoms with Gasteiger partial charge in [0.2, 0.25) is 0 Å². The summed E-state index contributed by atoms with van der Waals surface area (Å²) >= 11 is 5.68. The number of amides is 1. The predicted octanol–water partition coefficient (Wildman–Crippen LogP) is 4.01. The molecule has 0 heterocycles. The second-order valence-corrected chi connectivity index (χ2v) is 4.05. The van der Waals surface area contributed by atoms with E-state index in [1.54, 1.807) is 0 Å². The predicted molar refractivity (Wildman–Crippen MR) is 65.7 cm³/mol. The van der Waals surface area contributed by atoms with Crippen molar-refractivity contribution in [2.75, 3.05) is 5.32 Å². The van der Waals surface area contributed by atoms with Crippen molar-refractivity contribution in [3.8, 4) is 0 Å². The zero-order chi connectivity index (χ0) is 14.0. The zero-order valence-corrected chi connectivity index (χ0v) is 10.1. The minimum absolute atomic E-state index is 0.144. The van der Waals surface area contributed by atoms with Crippen LogP contribution in [0.2, 0.25) is 5.02 Å². The van der Waals surface area contributed by atoms with Gasteiger partial charge in [0.25, 0.3) is 5.91 Å². The summed E-state index contributed by atoms with van der Waals surface area (Å²) in [6.07, 6.45) is 0. The molecule has 0 unspecified atom stereocenters. The highest BCUT2D eigenvalue weighted by molar-refractivity contribution is 6.34. The van der Waals surface area contributed by atoms with Crippen molar-refractivity contribution in [2.45, 2.75) is 0 Å². The number of halogens is 4. The van der Waals surface area contributed by atoms with Crippen LogP contribution in [0.4, 0.5) is 18.9 Å². The molecule has 2 nitrogen and oxygen atoms in total. The van der Waals surface area contributed by atoms with Gasteiger partial charge in [-0.1, -0.05) is 23.7 Å². The second-order valence-electron chi connectivity index (χ2n) is 3.65. The van der Waals surface area contributed by atoms with Crippen LogP contribution in [0.3, 0.4) is 0 Å². The second kappa shape index (κ2) is 5.32. The number of hydrogen-bond donors (Lipinski definition) is 1. The molecule has 1 N–H and O–H groups in total. The molecule has 6 heteroatoms. The summed E-state index contributed by atoms with van der Waals surface area (Å²) in [5.41, 5.74) is -1.11. The SMILES string of the molecule is O=C(Nc1c(F)cccc1F)c1c(F)cccc1Cl. The fraction of sp³-hybridized carbons (Fsp3) is 0. The maximum absolute atomic E-state index is 13.5. The molecule has 2 aromatic rings. The van der Waals surface area contributed by atoms with Crippen LogP contribution in [-0.4, -0.2) is 5.91 Å². The van der Waals surface area contributed by atoms with Gasteiger partial charge in [0, 0.05) is 0 Å². The van der Waals surface area contributed by atoms with E-state index in [2.05, 4.69) is 0 Å². The standard InChI is InChI=1S/C13H7ClF3NO/c14-7-3-1-4-8(15)11(7)13(19)18-12-9(16)5-2-6-10(12)17/h1-6H,(H,18,19). The molecule has 2 rings (SSSR count). The van der Waals surface area contributed by atoms with Crippen LogP contribution in [0.5, 0.6) is 0 Å². The Balaban J connectivity index is 2.37. The summed E-state index contributed by atoms with van der Waals surface area (Å²) in [5, 5.41) is 1.82. The van der Waals surface area contributed by atoms with E-state index in [1.807, 2.05) is 5.32 Å². The number of para-hydroxylation sites is 1. The molecular weight excluding hydrogens is 279 g/mol. The van der Waals surface area contributed by atoms with Crippen molar-refractivity contribution in [3.05, 3.63) is 64.4 Å². The summed E-state index contributed by atoms with van der Waals surface area (Å²) in [4.78, 5) is 11.8. The molecule has 0 fully saturated rings. The first-order valence-electron chi connectivity index (χ1n) is 5.20. The number of carbonyl (C=O) groups excluding carboxylic acids is 1. The highest BCUT2D eigenvalue weighted by Gasteiger charge is 2.18. The number of anilines is 1. The Morgan fingerprint density at radius 1 is 0.947 bits per heavy atom. The van der Waals surface area contributed by atoms with Gasteiger partial charge >= 0.3 is 0 Å². The fourth-order valence-electron chi connectivity index (χ4n) is 1.51. The van der Waals surface area contributed by atoms with Crippen molar-refractivity contribution in [3.63, 3.8) is 0 Å². The molecule has 0 radical (unpaired) electrons. The van der Waals surface area contributed by atoms with Crippen molar-refractivity contribution in [1.29, 1.82) is 0 Å². The van der Waals surface area contributed by atoms with Crippen LogP contribution in [0.25, 0.3) is 0 Å². The molecule has 1 amide bonds. The van der Waals surface area contributed by atoms with E-state index in [1.165, 1.54) is 12.1 Å². The Kier molecular flexibility index (Phi) is 3.76. The molecule has 0 atom stereocenters. The van der Waals surface area contributed by atoms with Crippen molar-refractivity contribution >= 4 is 23.2 Å². The van der Waals surface area contributed by atoms with Gasteiger partial charge in [-0.25, -0.2) is 13.2 Å². The van der Waals surface area contributed by atoms with Crippen LogP contribution >= 0.6 is 11.6 Å². The molecule has 0 spiro atoms. The largest absolute Gasteiger partial charge is 0.317 e. The van der Waals surface area contributed by atoms with Crippen LogP contribution in [0, 0.1) is 17.5 Å². The smallest absolute Gasteiger partial charge is 0.260 e. The molecule has 0 saturated carbocycles. The topological polar surface area (TPSA) is 29.1 Å². The van der Waals surface area contributed by atoms with Crippen molar-refractivity contribution < 1.29 is 18.0 Å². The monoisotopic (exact) mass is 285 g/mol. The lowest BCUT2D eigenvalue weighted by atomic mass is 10.2. The highest BCUT2D eigenvalue weighted by atomic mass is 35.5. The Bertz CT molecular complexity index is 605. The number of carbonyl (C=O) groups is 1. The van der Waals surface area contributed by atoms with Gasteiger partial charge in [0.05, 0.1) is 10.6 Å². The molecule has 0 saturated heterocycles. The maximum Gasteiger partial charge on any atom is 0.260 e. The molecule has 98 valence electrons. The maximum atomic E-state index is 13.5. The third kappa shape index (κ3) is 2.71. The summed E-state index contributed by atoms with van der Waals surface area (Å²) in [6.45, 7) is 0. The summed E-state index contributed by atoms with van der Waals surface area (Å²) < 4.78 is 40.2. The minimum Gasteiger partial charge on any atom is -0.317 e. The third-order valence-electron chi connectivity index (χ3n) is 2.39. The van der Waals surface area contributed by atoms with Gasteiger partial charge < -0.3 is 5.32 Å². The highest BCUT2D eigenvalue weighted by Crippen LogP contribution is 2.23. The molecule has 19 heavy (non-hydrogen) atoms. The van der Waals surface area contributed by atoms with E-state index in [-0.39, 0.29) is 5.02 Å². The lowest BCUT2D eigenvalue weighted by Gasteiger charge is -2.09. The molecule has 2 aromatic carbocycles. The van der Waals surface area contributed by atoms with E-state index in [9.17, 15) is 18.0 Å². The Morgan fingerprint density at radius 3 is 2.05 bits per heavy atom. The number of hydrogen-bond acceptors (Lipinski definition) is 1. The van der Waals surface area contributed by atoms with Crippen LogP contribution in [0.1, 0.15) is 10.4 Å². The lowest BCUT2D eigenvalue weighted by molar-refractivity contribution is 0.102. The molecule has 0 aliphatic carbocycles. The summed E-state index contributed by atoms with van der Waals surface area (Å²) in [7, 11) is 0. The van der Waals surface area contributed by atoms with E-state index in [4.69, 9.17) is 11.6 Å². The first kappa shape index (κ1) is 13.4. The number of rotatable bonds is 2. The summed E-state index contributed by atoms with van der Waals surface area (Å²) in [5.74, 6) is -3.81. The van der Waals surface area contributed by atoms with Gasteiger partial charge in [0.15, 0.2) is 0 Å². The molecular formula is C13H7ClF3NO. The Labute approximate surface area is 111 Å². The quantitative estimate of drug-likeness (QED) is 0.887. The molecule has 0 bridgehead atoms. The van der Waals surface area contributed by atoms with Crippen LogP contribution < -0.4 is 5.32 Å². The first-order chi connectivity index (χ1) is 9.00. The number of benzene rings is 2. The van der Waals surface area contributed by atoms with Crippen molar-refractivity contribution in [1.82, 2.24) is 0 Å². The van der Waals surface area contributed by atoms with E-state index >= 15 is 0 Å². The number of nitrogens with one attached hydrogen (secondary N) is 1. The zero-order valence-electron chi connectivity index (χ0n) is 9.38. The van der Waals surface area contributed by atoms with E-state index in [0.29, 0.717) is 0 Å². The van der Waals surface area contributed by atoms with Crippen LogP contribution in [0.15, 0.2) is 36.4 Å². The third-order valence-corrected chi connectivity index (χ3v) is 2.71. The minimum atomic E-state index is -1.02. The van der Waals surface area contributed by atoms with Gasteiger partial charge in [-0.15, -0.1) is 0 Å². The first-order valence-corrected chi connectivity index (χ1v) is 5.58. The van der Waals surface area contributed by atoms with Gasteiger partial charge in [-0.3, -0.25) is 4.79 Å². The fourth-order valence-corrected chi connectivity index (χ4v) is 1.76. The lowest BCUT2D eigenvalue weighted by Crippen LogP contribution is -2.16. The van der Waals surface area contributed by atoms with E-state index in [0.717, 1.165) is 24.3 Å². The van der Waals surface area contributed by atoms with Crippen LogP contribution in [-0.2, 0) is 0 Å². The van der Waals surface area contributed by atoms with Gasteiger partial charge in [-0.2, -0.15) is 0 Å². The van der Waals surface area contributed by atoms with Crippen molar-refractivity contribution in [2.24, 2.45) is 0 Å². The molecule has 0 aliphatic rings. The van der Waals surface area contributed by atoms with Gasteiger partial charge in [-0.05, 0) is 24.3 Å². The average molecular weight is 286 g/mol. The van der Waals surface area contributed by atoms with Gasteiger partial charge in [0.1, 0.15) is 23.1 Å². The Morgan fingerprint density at radius 2 is 1.47 bits per heavy atom. The summed E-state index contributed by atoms with van der Waals surface area (Å²) in [6, 6.07) is 6.74. The average Bonchev–Trinajstić information content (AvgIpc) is 2.34. The molecule has 0 aromatic heterocycles. The normalized spacial score (nSPS) is 10.3. The van der Waals surface area contributed by atoms with E-state index < -0.39 is 34.6 Å². The Hall–Kier alpha value is -2.01.